The van der Waals surface area contributed by atoms with Crippen molar-refractivity contribution in [2.24, 2.45) is 0 Å². The third-order valence-electron chi connectivity index (χ3n) is 4.69. The molecule has 6 heteroatoms. The molecule has 27 heavy (non-hydrogen) atoms. The van der Waals surface area contributed by atoms with Crippen molar-refractivity contribution in [1.29, 1.82) is 0 Å². The Bertz CT molecular complexity index is 861. The molecule has 2 aromatic carbocycles. The highest BCUT2D eigenvalue weighted by Crippen LogP contribution is 2.40. The third-order valence-corrected chi connectivity index (χ3v) is 4.69. The largest absolute Gasteiger partial charge is 0.493 e. The topological polar surface area (TPSA) is 56.8 Å². The number of carbonyl (C=O) groups excluding carboxylic acids is 1. The lowest BCUT2D eigenvalue weighted by molar-refractivity contribution is -0.136. The van der Waals surface area contributed by atoms with Gasteiger partial charge < -0.3 is 19.5 Å². The summed E-state index contributed by atoms with van der Waals surface area (Å²) in [5.41, 5.74) is 3.14. The molecule has 0 aliphatic carbocycles. The van der Waals surface area contributed by atoms with Crippen LogP contribution in [0, 0.1) is 5.82 Å². The van der Waals surface area contributed by atoms with Gasteiger partial charge in [0, 0.05) is 18.7 Å². The van der Waals surface area contributed by atoms with Crippen LogP contribution in [0.1, 0.15) is 22.6 Å². The zero-order chi connectivity index (χ0) is 19.4. The number of ether oxygens (including phenoxy) is 3. The van der Waals surface area contributed by atoms with E-state index in [2.05, 4.69) is 5.32 Å². The summed E-state index contributed by atoms with van der Waals surface area (Å²) in [6.07, 6.45) is 2.41. The van der Waals surface area contributed by atoms with Gasteiger partial charge in [0.05, 0.1) is 26.9 Å². The molecule has 0 fully saturated rings. The molecular formula is C21H22FNO4. The Balaban J connectivity index is 2.25. The predicted molar refractivity (Wildman–Crippen MR) is 99.6 cm³/mol. The highest BCUT2D eigenvalue weighted by Gasteiger charge is 2.29. The Morgan fingerprint density at radius 2 is 1.74 bits per heavy atom. The van der Waals surface area contributed by atoms with Crippen LogP contribution in [0.3, 0.4) is 0 Å². The second-order valence-electron chi connectivity index (χ2n) is 6.19. The lowest BCUT2D eigenvalue weighted by Gasteiger charge is -2.26. The van der Waals surface area contributed by atoms with Gasteiger partial charge in [0.15, 0.2) is 11.5 Å². The van der Waals surface area contributed by atoms with Crippen molar-refractivity contribution < 1.29 is 23.4 Å². The maximum Gasteiger partial charge on any atom is 0.336 e. The third kappa shape index (κ3) is 3.74. The van der Waals surface area contributed by atoms with Crippen LogP contribution in [-0.4, -0.2) is 33.8 Å². The summed E-state index contributed by atoms with van der Waals surface area (Å²) in [5.74, 6) is -0.0154. The number of hydrogen-bond acceptors (Lipinski definition) is 5. The van der Waals surface area contributed by atoms with Gasteiger partial charge in [-0.1, -0.05) is 12.1 Å². The van der Waals surface area contributed by atoms with Crippen molar-refractivity contribution in [2.45, 2.75) is 12.3 Å². The van der Waals surface area contributed by atoms with Crippen LogP contribution < -0.4 is 14.8 Å². The molecule has 0 aromatic heterocycles. The molecule has 5 nitrogen and oxygen atoms in total. The molecule has 0 bridgehead atoms. The fourth-order valence-corrected chi connectivity index (χ4v) is 3.37. The lowest BCUT2D eigenvalue weighted by atomic mass is 9.81. The standard InChI is InChI=1S/C21H22FNO4/c1-25-18-10-14-8-9-23-12-17(21(24)27-3)20(16(14)11-19(18)26-2)13-4-6-15(22)7-5-13/h4-7,10-12,20,23H,8-9H2,1-3H3/b17-12+. The Morgan fingerprint density at radius 3 is 2.37 bits per heavy atom. The number of hydrogen-bond donors (Lipinski definition) is 1. The smallest absolute Gasteiger partial charge is 0.336 e. The first kappa shape index (κ1) is 18.8. The van der Waals surface area contributed by atoms with E-state index in [0.29, 0.717) is 23.6 Å². The molecule has 1 heterocycles. The van der Waals surface area contributed by atoms with E-state index in [1.54, 1.807) is 32.6 Å². The molecule has 142 valence electrons. The minimum atomic E-state index is -0.445. The first-order valence-corrected chi connectivity index (χ1v) is 8.61. The van der Waals surface area contributed by atoms with Crippen LogP contribution in [-0.2, 0) is 16.0 Å². The normalized spacial score (nSPS) is 18.1. The van der Waals surface area contributed by atoms with Crippen molar-refractivity contribution in [3.8, 4) is 11.5 Å². The minimum absolute atomic E-state index is 0.334. The van der Waals surface area contributed by atoms with Crippen LogP contribution >= 0.6 is 0 Å². The SMILES string of the molecule is COC(=O)/C1=C/NCCc2cc(OC)c(OC)cc2C1c1ccc(F)cc1. The van der Waals surface area contributed by atoms with Crippen LogP contribution in [0.25, 0.3) is 0 Å². The Labute approximate surface area is 157 Å². The van der Waals surface area contributed by atoms with Crippen LogP contribution in [0.5, 0.6) is 11.5 Å². The Kier molecular flexibility index (Phi) is 5.64. The van der Waals surface area contributed by atoms with Gasteiger partial charge in [-0.2, -0.15) is 0 Å². The van der Waals surface area contributed by atoms with Gasteiger partial charge >= 0.3 is 5.97 Å². The van der Waals surface area contributed by atoms with Gasteiger partial charge in [-0.05, 0) is 47.4 Å². The first-order valence-electron chi connectivity index (χ1n) is 8.61. The summed E-state index contributed by atoms with van der Waals surface area (Å²) >= 11 is 0. The molecular weight excluding hydrogens is 349 g/mol. The van der Waals surface area contributed by atoms with Crippen molar-refractivity contribution in [1.82, 2.24) is 5.32 Å². The van der Waals surface area contributed by atoms with E-state index in [9.17, 15) is 9.18 Å². The summed E-state index contributed by atoms with van der Waals surface area (Å²) in [4.78, 5) is 12.5. The van der Waals surface area contributed by atoms with E-state index in [1.807, 2.05) is 12.1 Å². The van der Waals surface area contributed by atoms with Crippen LogP contribution in [0.15, 0.2) is 48.2 Å². The van der Waals surface area contributed by atoms with Gasteiger partial charge in [0.1, 0.15) is 5.82 Å². The number of nitrogens with one attached hydrogen (secondary N) is 1. The average molecular weight is 371 g/mol. The maximum atomic E-state index is 13.5. The van der Waals surface area contributed by atoms with E-state index in [0.717, 1.165) is 23.1 Å². The van der Waals surface area contributed by atoms with Gasteiger partial charge in [-0.25, -0.2) is 9.18 Å². The maximum absolute atomic E-state index is 13.5. The van der Waals surface area contributed by atoms with Crippen molar-refractivity contribution >= 4 is 5.97 Å². The summed E-state index contributed by atoms with van der Waals surface area (Å²) < 4.78 is 29.4. The van der Waals surface area contributed by atoms with Crippen molar-refractivity contribution in [3.05, 3.63) is 70.7 Å². The second kappa shape index (κ2) is 8.12. The van der Waals surface area contributed by atoms with Gasteiger partial charge in [0.2, 0.25) is 0 Å². The number of benzene rings is 2. The number of carbonyl (C=O) groups is 1. The molecule has 0 saturated carbocycles. The monoisotopic (exact) mass is 371 g/mol. The fourth-order valence-electron chi connectivity index (χ4n) is 3.37. The van der Waals surface area contributed by atoms with Crippen LogP contribution in [0.4, 0.5) is 4.39 Å². The van der Waals surface area contributed by atoms with E-state index >= 15 is 0 Å². The molecule has 0 amide bonds. The van der Waals surface area contributed by atoms with Gasteiger partial charge in [-0.3, -0.25) is 0 Å². The molecule has 1 N–H and O–H groups in total. The zero-order valence-corrected chi connectivity index (χ0v) is 15.5. The molecule has 1 aliphatic heterocycles. The van der Waals surface area contributed by atoms with E-state index in [4.69, 9.17) is 14.2 Å². The number of fused-ring (bicyclic) bond motifs is 1. The van der Waals surface area contributed by atoms with E-state index in [1.165, 1.54) is 19.2 Å². The lowest BCUT2D eigenvalue weighted by Crippen LogP contribution is -2.24. The fraction of sp³-hybridized carbons (Fsp3) is 0.286. The average Bonchev–Trinajstić information content (AvgIpc) is 2.68. The number of rotatable bonds is 4. The Morgan fingerprint density at radius 1 is 1.07 bits per heavy atom. The molecule has 1 aliphatic rings. The zero-order valence-electron chi connectivity index (χ0n) is 15.5. The van der Waals surface area contributed by atoms with Crippen LogP contribution in [0.2, 0.25) is 0 Å². The van der Waals surface area contributed by atoms with E-state index in [-0.39, 0.29) is 5.82 Å². The molecule has 2 aromatic rings. The molecule has 0 radical (unpaired) electrons. The molecule has 1 atom stereocenters. The number of methoxy groups -OCH3 is 3. The quantitative estimate of drug-likeness (QED) is 0.837. The first-order chi connectivity index (χ1) is 13.1. The molecule has 1 unspecified atom stereocenters. The van der Waals surface area contributed by atoms with Crippen molar-refractivity contribution in [2.75, 3.05) is 27.9 Å². The number of esters is 1. The highest BCUT2D eigenvalue weighted by atomic mass is 19.1. The summed E-state index contributed by atoms with van der Waals surface area (Å²) in [6, 6.07) is 9.93. The number of halogens is 1. The van der Waals surface area contributed by atoms with Crippen molar-refractivity contribution in [3.63, 3.8) is 0 Å². The predicted octanol–water partition coefficient (Wildman–Crippen LogP) is 3.18. The molecule has 3 rings (SSSR count). The molecule has 0 spiro atoms. The van der Waals surface area contributed by atoms with Gasteiger partial charge in [0.25, 0.3) is 0 Å². The van der Waals surface area contributed by atoms with E-state index < -0.39 is 11.9 Å². The summed E-state index contributed by atoms with van der Waals surface area (Å²) in [5, 5.41) is 3.16. The molecule has 0 saturated heterocycles. The summed E-state index contributed by atoms with van der Waals surface area (Å²) in [7, 11) is 4.50. The summed E-state index contributed by atoms with van der Waals surface area (Å²) in [6.45, 7) is 0.652. The Hall–Kier alpha value is -3.02. The highest BCUT2D eigenvalue weighted by molar-refractivity contribution is 5.91. The second-order valence-corrected chi connectivity index (χ2v) is 6.19. The van der Waals surface area contributed by atoms with Gasteiger partial charge in [-0.15, -0.1) is 0 Å². The minimum Gasteiger partial charge on any atom is -0.493 e.